The average molecular weight is 762 g/mol. The summed E-state index contributed by atoms with van der Waals surface area (Å²) in [5.41, 5.74) is 5.16. The van der Waals surface area contributed by atoms with Gasteiger partial charge in [-0.05, 0) is 124 Å². The molecule has 13 heteroatoms. The molecule has 0 amide bonds. The minimum Gasteiger partial charge on any atom is -0.545 e. The van der Waals surface area contributed by atoms with E-state index < -0.39 is 24.5 Å². The molecule has 7 aromatic rings. The van der Waals surface area contributed by atoms with E-state index in [1.165, 1.54) is 36.4 Å². The maximum absolute atomic E-state index is 11.4. The predicted molar refractivity (Wildman–Crippen MR) is 216 cm³/mol. The largest absolute Gasteiger partial charge is 0.545 e. The molecule has 276 valence electrons. The smallest absolute Gasteiger partial charge is 0.269 e. The van der Waals surface area contributed by atoms with Crippen LogP contribution in [-0.2, 0) is 0 Å². The van der Waals surface area contributed by atoms with Crippen molar-refractivity contribution in [2.24, 2.45) is 0 Å². The van der Waals surface area contributed by atoms with Crippen LogP contribution in [0.5, 0.6) is 28.7 Å². The van der Waals surface area contributed by atoms with E-state index in [9.17, 15) is 30.3 Å². The van der Waals surface area contributed by atoms with Gasteiger partial charge < -0.3 is 13.9 Å². The molecule has 0 radical (unpaired) electrons. The number of aryl methyl sites for hydroxylation is 1. The van der Waals surface area contributed by atoms with Crippen LogP contribution in [0.4, 0.5) is 17.1 Å². The lowest BCUT2D eigenvalue weighted by Gasteiger charge is -2.16. The Balaban J connectivity index is 1.26. The van der Waals surface area contributed by atoms with Crippen LogP contribution >= 0.6 is 0 Å². The molecule has 0 bridgehead atoms. The van der Waals surface area contributed by atoms with E-state index in [1.807, 2.05) is 67.6 Å². The summed E-state index contributed by atoms with van der Waals surface area (Å²) < 4.78 is 19.3. The number of nitro benzene ring substituents is 3. The number of non-ortho nitro benzene ring substituents is 3. The van der Waals surface area contributed by atoms with Gasteiger partial charge in [0.1, 0.15) is 28.7 Å². The molecule has 0 aliphatic carbocycles. The standard InChI is InChI=1S/C43H31N3O9Si/c1-28-19-32(29-7-13-35(14-8-29)44(47)48)21-38(20-28)53-39-22-33(30-9-15-36(16-10-30)45(49)50)23-40(26-39)54-41-24-34(31-11-17-37(18-12-31)46(51)52)25-42(27-41)55-56-43-5-3-2-4-6-43/h2-27H,56H2,1H3. The van der Waals surface area contributed by atoms with Crippen molar-refractivity contribution in [3.63, 3.8) is 0 Å². The fraction of sp³-hybridized carbons (Fsp3) is 0.0233. The molecule has 12 nitrogen and oxygen atoms in total. The summed E-state index contributed by atoms with van der Waals surface area (Å²) in [6.45, 7) is 1.92. The molecular formula is C43H31N3O9Si. The fourth-order valence-corrected chi connectivity index (χ4v) is 7.01. The number of rotatable bonds is 13. The molecule has 0 aliphatic rings. The topological polar surface area (TPSA) is 157 Å². The summed E-state index contributed by atoms with van der Waals surface area (Å²) >= 11 is 0. The molecule has 0 saturated heterocycles. The monoisotopic (exact) mass is 761 g/mol. The van der Waals surface area contributed by atoms with E-state index in [0.29, 0.717) is 39.9 Å². The van der Waals surface area contributed by atoms with Crippen LogP contribution in [0.2, 0.25) is 0 Å². The van der Waals surface area contributed by atoms with Crippen molar-refractivity contribution in [3.05, 3.63) is 194 Å². The van der Waals surface area contributed by atoms with Crippen molar-refractivity contribution in [1.82, 2.24) is 0 Å². The van der Waals surface area contributed by atoms with Crippen molar-refractivity contribution in [2.75, 3.05) is 0 Å². The highest BCUT2D eigenvalue weighted by molar-refractivity contribution is 6.47. The van der Waals surface area contributed by atoms with Crippen molar-refractivity contribution >= 4 is 32.0 Å². The number of benzene rings is 7. The third-order valence-corrected chi connectivity index (χ3v) is 10.0. The number of nitrogens with zero attached hydrogens (tertiary/aromatic N) is 3. The van der Waals surface area contributed by atoms with Gasteiger partial charge in [-0.15, -0.1) is 0 Å². The quantitative estimate of drug-likeness (QED) is 0.0633. The van der Waals surface area contributed by atoms with E-state index in [1.54, 1.807) is 60.7 Å². The van der Waals surface area contributed by atoms with Gasteiger partial charge in [0, 0.05) is 48.5 Å². The van der Waals surface area contributed by atoms with Crippen LogP contribution in [0.15, 0.2) is 158 Å². The van der Waals surface area contributed by atoms with Gasteiger partial charge in [0.15, 0.2) is 0 Å². The molecule has 0 fully saturated rings. The van der Waals surface area contributed by atoms with E-state index in [-0.39, 0.29) is 17.1 Å². The van der Waals surface area contributed by atoms with Crippen LogP contribution < -0.4 is 19.1 Å². The first-order chi connectivity index (χ1) is 27.1. The van der Waals surface area contributed by atoms with Gasteiger partial charge in [-0.1, -0.05) is 36.4 Å². The summed E-state index contributed by atoms with van der Waals surface area (Å²) in [5.74, 6) is 2.31. The molecule has 0 spiro atoms. The van der Waals surface area contributed by atoms with Crippen molar-refractivity contribution in [1.29, 1.82) is 0 Å². The minimum atomic E-state index is -1.17. The molecule has 0 aromatic heterocycles. The van der Waals surface area contributed by atoms with Crippen LogP contribution in [0, 0.1) is 37.3 Å². The van der Waals surface area contributed by atoms with Crippen LogP contribution in [0.3, 0.4) is 0 Å². The first kappa shape index (κ1) is 36.7. The van der Waals surface area contributed by atoms with E-state index >= 15 is 0 Å². The van der Waals surface area contributed by atoms with Gasteiger partial charge in [0.2, 0.25) is 0 Å². The molecule has 7 aromatic carbocycles. The third kappa shape index (κ3) is 8.93. The molecule has 0 saturated carbocycles. The fourth-order valence-electron chi connectivity index (χ4n) is 6.05. The second-order valence-corrected chi connectivity index (χ2v) is 14.2. The van der Waals surface area contributed by atoms with Gasteiger partial charge in [-0.3, -0.25) is 30.3 Å². The summed E-state index contributed by atoms with van der Waals surface area (Å²) in [7, 11) is -1.17. The molecule has 0 atom stereocenters. The van der Waals surface area contributed by atoms with Crippen molar-refractivity contribution in [3.8, 4) is 62.1 Å². The second kappa shape index (κ2) is 16.2. The Hall–Kier alpha value is -7.64. The third-order valence-electron chi connectivity index (χ3n) is 8.77. The number of nitro groups is 3. The predicted octanol–water partition coefficient (Wildman–Crippen LogP) is 10.1. The normalized spacial score (nSPS) is 10.9. The summed E-state index contributed by atoms with van der Waals surface area (Å²) in [5, 5.41) is 35.0. The maximum atomic E-state index is 11.4. The molecule has 7 rings (SSSR count). The van der Waals surface area contributed by atoms with Crippen LogP contribution in [0.25, 0.3) is 33.4 Å². The summed E-state index contributed by atoms with van der Waals surface area (Å²) in [4.78, 5) is 32.6. The Morgan fingerprint density at radius 3 is 1.18 bits per heavy atom. The summed E-state index contributed by atoms with van der Waals surface area (Å²) in [6, 6.07) is 45.0. The SMILES string of the molecule is Cc1cc(Oc2cc(Oc3cc(O[SiH2]c4ccccc4)cc(-c4ccc([N+](=O)[O-])cc4)c3)cc(-c3ccc([N+](=O)[O-])cc3)c2)cc(-c2ccc([N+](=O)[O-])cc2)c1. The Morgan fingerprint density at radius 2 is 0.768 bits per heavy atom. The van der Waals surface area contributed by atoms with Gasteiger partial charge in [-0.25, -0.2) is 0 Å². The molecule has 0 heterocycles. The van der Waals surface area contributed by atoms with Crippen LogP contribution in [-0.4, -0.2) is 24.5 Å². The van der Waals surface area contributed by atoms with Crippen molar-refractivity contribution < 1.29 is 28.7 Å². The maximum Gasteiger partial charge on any atom is 0.269 e. The molecule has 56 heavy (non-hydrogen) atoms. The van der Waals surface area contributed by atoms with Crippen molar-refractivity contribution in [2.45, 2.75) is 6.92 Å². The molecule has 0 unspecified atom stereocenters. The number of hydrogen-bond donors (Lipinski definition) is 0. The molecular weight excluding hydrogens is 731 g/mol. The zero-order valence-electron chi connectivity index (χ0n) is 29.7. The highest BCUT2D eigenvalue weighted by Gasteiger charge is 2.14. The minimum absolute atomic E-state index is 0.0105. The van der Waals surface area contributed by atoms with Gasteiger partial charge >= 0.3 is 0 Å². The highest BCUT2D eigenvalue weighted by Crippen LogP contribution is 2.39. The number of ether oxygens (including phenoxy) is 2. The average Bonchev–Trinajstić information content (AvgIpc) is 3.20. The Bertz CT molecular complexity index is 2570. The van der Waals surface area contributed by atoms with Gasteiger partial charge in [-0.2, -0.15) is 0 Å². The Kier molecular flexibility index (Phi) is 10.6. The zero-order chi connectivity index (χ0) is 39.2. The first-order valence-electron chi connectivity index (χ1n) is 17.3. The Morgan fingerprint density at radius 1 is 0.411 bits per heavy atom. The lowest BCUT2D eigenvalue weighted by molar-refractivity contribution is -0.385. The van der Waals surface area contributed by atoms with E-state index in [4.69, 9.17) is 13.9 Å². The number of hydrogen-bond acceptors (Lipinski definition) is 9. The van der Waals surface area contributed by atoms with E-state index in [2.05, 4.69) is 0 Å². The van der Waals surface area contributed by atoms with E-state index in [0.717, 1.165) is 33.0 Å². The first-order valence-corrected chi connectivity index (χ1v) is 18.5. The highest BCUT2D eigenvalue weighted by atomic mass is 28.2. The summed E-state index contributed by atoms with van der Waals surface area (Å²) in [6.07, 6.45) is 0. The molecule has 0 aliphatic heterocycles. The lowest BCUT2D eigenvalue weighted by Crippen LogP contribution is -2.19. The zero-order valence-corrected chi connectivity index (χ0v) is 31.1. The van der Waals surface area contributed by atoms with Crippen LogP contribution in [0.1, 0.15) is 5.56 Å². The lowest BCUT2D eigenvalue weighted by atomic mass is 10.0. The molecule has 0 N–H and O–H groups in total. The second-order valence-electron chi connectivity index (χ2n) is 12.8. The Labute approximate surface area is 322 Å². The van der Waals surface area contributed by atoms with Gasteiger partial charge in [0.25, 0.3) is 26.8 Å². The van der Waals surface area contributed by atoms with Gasteiger partial charge in [0.05, 0.1) is 14.8 Å².